The minimum absolute atomic E-state index is 0.0320. The average molecular weight is 287 g/mol. The molecule has 0 aromatic carbocycles. The van der Waals surface area contributed by atoms with Crippen molar-refractivity contribution in [3.63, 3.8) is 0 Å². The van der Waals surface area contributed by atoms with Gasteiger partial charge >= 0.3 is 6.09 Å². The molecule has 0 bridgehead atoms. The van der Waals surface area contributed by atoms with Crippen molar-refractivity contribution < 1.29 is 14.3 Å². The van der Waals surface area contributed by atoms with Gasteiger partial charge in [0.1, 0.15) is 5.60 Å². The first-order valence-corrected chi connectivity index (χ1v) is 7.04. The van der Waals surface area contributed by atoms with Crippen molar-refractivity contribution in [3.05, 3.63) is 0 Å². The molecule has 0 aliphatic rings. The minimum Gasteiger partial charge on any atom is -0.444 e. The second-order valence-corrected chi connectivity index (χ2v) is 6.34. The van der Waals surface area contributed by atoms with Gasteiger partial charge in [0.25, 0.3) is 0 Å². The number of hydrogen-bond acceptors (Lipinski definition) is 4. The fourth-order valence-corrected chi connectivity index (χ4v) is 1.52. The quantitative estimate of drug-likeness (QED) is 0.690. The second-order valence-electron chi connectivity index (χ2n) is 6.34. The van der Waals surface area contributed by atoms with E-state index < -0.39 is 11.7 Å². The summed E-state index contributed by atoms with van der Waals surface area (Å²) in [6.07, 6.45) is -0.453. The van der Waals surface area contributed by atoms with Crippen molar-refractivity contribution >= 4 is 12.0 Å². The highest BCUT2D eigenvalue weighted by Gasteiger charge is 2.18. The van der Waals surface area contributed by atoms with Crippen LogP contribution < -0.4 is 16.0 Å². The molecule has 0 radical (unpaired) electrons. The van der Waals surface area contributed by atoms with Gasteiger partial charge in [0.15, 0.2) is 0 Å². The van der Waals surface area contributed by atoms with Crippen molar-refractivity contribution in [2.75, 3.05) is 6.54 Å². The summed E-state index contributed by atoms with van der Waals surface area (Å²) in [6, 6.07) is -0.231. The molecule has 0 aliphatic heterocycles. The smallest absolute Gasteiger partial charge is 0.407 e. The van der Waals surface area contributed by atoms with Gasteiger partial charge in [0.05, 0.1) is 6.04 Å². The molecule has 2 unspecified atom stereocenters. The molecule has 0 aromatic heterocycles. The molecule has 0 saturated heterocycles. The maximum atomic E-state index is 11.7. The third kappa shape index (κ3) is 9.61. The Balaban J connectivity index is 4.02. The van der Waals surface area contributed by atoms with Gasteiger partial charge in [-0.15, -0.1) is 0 Å². The van der Waals surface area contributed by atoms with Gasteiger partial charge in [0, 0.05) is 18.6 Å². The summed E-state index contributed by atoms with van der Waals surface area (Å²) in [5, 5.41) is 8.62. The Hall–Kier alpha value is -1.30. The van der Waals surface area contributed by atoms with Crippen LogP contribution in [0.3, 0.4) is 0 Å². The SMILES string of the molecule is CC(C)NC(=O)C(C)NC(C)CNC(=O)OC(C)(C)C. The van der Waals surface area contributed by atoms with E-state index in [9.17, 15) is 9.59 Å². The van der Waals surface area contributed by atoms with Crippen LogP contribution in [0.2, 0.25) is 0 Å². The summed E-state index contributed by atoms with van der Waals surface area (Å²) in [7, 11) is 0. The minimum atomic E-state index is -0.509. The van der Waals surface area contributed by atoms with E-state index in [0.717, 1.165) is 0 Å². The largest absolute Gasteiger partial charge is 0.444 e. The van der Waals surface area contributed by atoms with Gasteiger partial charge in [-0.3, -0.25) is 4.79 Å². The molecule has 0 saturated carbocycles. The van der Waals surface area contributed by atoms with Crippen LogP contribution in [0.15, 0.2) is 0 Å². The van der Waals surface area contributed by atoms with Gasteiger partial charge in [-0.05, 0) is 48.5 Å². The first-order valence-electron chi connectivity index (χ1n) is 7.04. The number of alkyl carbamates (subject to hydrolysis) is 1. The lowest BCUT2D eigenvalue weighted by Crippen LogP contribution is -2.50. The number of carbonyl (C=O) groups is 2. The number of rotatable bonds is 6. The van der Waals surface area contributed by atoms with E-state index in [1.807, 2.05) is 41.5 Å². The Morgan fingerprint density at radius 3 is 2.10 bits per heavy atom. The van der Waals surface area contributed by atoms with E-state index in [-0.39, 0.29) is 24.0 Å². The van der Waals surface area contributed by atoms with Crippen molar-refractivity contribution in [2.24, 2.45) is 0 Å². The highest BCUT2D eigenvalue weighted by molar-refractivity contribution is 5.81. The third-order valence-corrected chi connectivity index (χ3v) is 2.31. The van der Waals surface area contributed by atoms with Gasteiger partial charge in [0.2, 0.25) is 5.91 Å². The van der Waals surface area contributed by atoms with Gasteiger partial charge < -0.3 is 20.7 Å². The average Bonchev–Trinajstić information content (AvgIpc) is 2.23. The van der Waals surface area contributed by atoms with Crippen molar-refractivity contribution in [1.29, 1.82) is 0 Å². The fraction of sp³-hybridized carbons (Fsp3) is 0.857. The lowest BCUT2D eigenvalue weighted by Gasteiger charge is -2.23. The van der Waals surface area contributed by atoms with Crippen LogP contribution in [0.5, 0.6) is 0 Å². The molecular formula is C14H29N3O3. The lowest BCUT2D eigenvalue weighted by molar-refractivity contribution is -0.123. The standard InChI is InChI=1S/C14H29N3O3/c1-9(2)16-12(18)11(4)17-10(3)8-15-13(19)20-14(5,6)7/h9-11,17H,8H2,1-7H3,(H,15,19)(H,16,18). The second kappa shape index (κ2) is 8.09. The van der Waals surface area contributed by atoms with E-state index in [1.165, 1.54) is 0 Å². The Morgan fingerprint density at radius 1 is 1.10 bits per heavy atom. The predicted octanol–water partition coefficient (Wildman–Crippen LogP) is 1.40. The predicted molar refractivity (Wildman–Crippen MR) is 79.6 cm³/mol. The van der Waals surface area contributed by atoms with Crippen LogP contribution in [0, 0.1) is 0 Å². The zero-order valence-corrected chi connectivity index (χ0v) is 13.7. The highest BCUT2D eigenvalue weighted by atomic mass is 16.6. The zero-order valence-electron chi connectivity index (χ0n) is 13.7. The van der Waals surface area contributed by atoms with Crippen LogP contribution >= 0.6 is 0 Å². The summed E-state index contributed by atoms with van der Waals surface area (Å²) in [5.41, 5.74) is -0.509. The third-order valence-electron chi connectivity index (χ3n) is 2.31. The Bertz CT molecular complexity index is 324. The van der Waals surface area contributed by atoms with Gasteiger partial charge in [-0.2, -0.15) is 0 Å². The molecule has 0 aromatic rings. The number of hydrogen-bond donors (Lipinski definition) is 3. The van der Waals surface area contributed by atoms with E-state index in [2.05, 4.69) is 16.0 Å². The van der Waals surface area contributed by atoms with Crippen molar-refractivity contribution in [1.82, 2.24) is 16.0 Å². The summed E-state index contributed by atoms with van der Waals surface area (Å²) in [5.74, 6) is -0.0517. The summed E-state index contributed by atoms with van der Waals surface area (Å²) >= 11 is 0. The number of amides is 2. The molecule has 0 heterocycles. The molecule has 20 heavy (non-hydrogen) atoms. The first-order chi connectivity index (χ1) is 9.01. The molecule has 118 valence electrons. The molecule has 0 spiro atoms. The molecular weight excluding hydrogens is 258 g/mol. The molecule has 0 aliphatic carbocycles. The van der Waals surface area contributed by atoms with E-state index in [1.54, 1.807) is 6.92 Å². The first kappa shape index (κ1) is 18.7. The topological polar surface area (TPSA) is 79.5 Å². The summed E-state index contributed by atoms with van der Waals surface area (Å²) in [6.45, 7) is 13.4. The monoisotopic (exact) mass is 287 g/mol. The van der Waals surface area contributed by atoms with Crippen LogP contribution in [0.25, 0.3) is 0 Å². The Morgan fingerprint density at radius 2 is 1.65 bits per heavy atom. The lowest BCUT2D eigenvalue weighted by atomic mass is 10.2. The van der Waals surface area contributed by atoms with Gasteiger partial charge in [-0.25, -0.2) is 4.79 Å². The number of nitrogens with one attached hydrogen (secondary N) is 3. The van der Waals surface area contributed by atoms with Crippen molar-refractivity contribution in [2.45, 2.75) is 72.2 Å². The van der Waals surface area contributed by atoms with E-state index in [4.69, 9.17) is 4.74 Å². The summed E-state index contributed by atoms with van der Waals surface area (Å²) in [4.78, 5) is 23.2. The molecule has 0 rings (SSSR count). The van der Waals surface area contributed by atoms with Crippen molar-refractivity contribution in [3.8, 4) is 0 Å². The van der Waals surface area contributed by atoms with Crippen LogP contribution in [0.4, 0.5) is 4.79 Å². The molecule has 3 N–H and O–H groups in total. The van der Waals surface area contributed by atoms with Crippen LogP contribution in [-0.4, -0.2) is 42.3 Å². The number of carbonyl (C=O) groups excluding carboxylic acids is 2. The molecule has 0 fully saturated rings. The highest BCUT2D eigenvalue weighted by Crippen LogP contribution is 2.06. The van der Waals surface area contributed by atoms with E-state index >= 15 is 0 Å². The maximum Gasteiger partial charge on any atom is 0.407 e. The van der Waals surface area contributed by atoms with Crippen LogP contribution in [-0.2, 0) is 9.53 Å². The molecule has 6 nitrogen and oxygen atoms in total. The fourth-order valence-electron chi connectivity index (χ4n) is 1.52. The molecule has 2 atom stereocenters. The molecule has 6 heteroatoms. The normalized spacial score (nSPS) is 14.6. The van der Waals surface area contributed by atoms with Gasteiger partial charge in [-0.1, -0.05) is 0 Å². The van der Waals surface area contributed by atoms with Crippen LogP contribution in [0.1, 0.15) is 48.5 Å². The number of ether oxygens (including phenoxy) is 1. The zero-order chi connectivity index (χ0) is 15.9. The molecule has 2 amide bonds. The Labute approximate surface area is 122 Å². The maximum absolute atomic E-state index is 11.7. The Kier molecular flexibility index (Phi) is 7.57. The van der Waals surface area contributed by atoms with E-state index in [0.29, 0.717) is 6.54 Å². The summed E-state index contributed by atoms with van der Waals surface area (Å²) < 4.78 is 5.14.